The number of benzene rings is 1. The Hall–Kier alpha value is -1.44. The van der Waals surface area contributed by atoms with Gasteiger partial charge in [0.15, 0.2) is 0 Å². The number of rotatable bonds is 3. The number of hydrogen-bond acceptors (Lipinski definition) is 4. The van der Waals surface area contributed by atoms with Crippen LogP contribution < -0.4 is 5.32 Å². The van der Waals surface area contributed by atoms with Gasteiger partial charge in [-0.1, -0.05) is 30.3 Å². The van der Waals surface area contributed by atoms with Crippen LogP contribution in [0.15, 0.2) is 30.3 Å². The van der Waals surface area contributed by atoms with E-state index in [4.69, 9.17) is 0 Å². The number of carbonyl (C=O) groups excluding carboxylic acids is 1. The van der Waals surface area contributed by atoms with Crippen molar-refractivity contribution >= 4 is 15.9 Å². The van der Waals surface area contributed by atoms with Crippen LogP contribution in [0.25, 0.3) is 0 Å². The molecule has 2 atom stereocenters. The molecule has 2 heterocycles. The van der Waals surface area contributed by atoms with Crippen LogP contribution in [0.3, 0.4) is 0 Å². The minimum absolute atomic E-state index is 0.0336. The monoisotopic (exact) mass is 351 g/mol. The molecule has 2 aliphatic rings. The minimum atomic E-state index is -3.16. The summed E-state index contributed by atoms with van der Waals surface area (Å²) in [5, 5.41) is 3.38. The summed E-state index contributed by atoms with van der Waals surface area (Å²) in [4.78, 5) is 14.6. The van der Waals surface area contributed by atoms with Gasteiger partial charge in [0.25, 0.3) is 0 Å². The Morgan fingerprint density at radius 3 is 2.38 bits per heavy atom. The molecule has 24 heavy (non-hydrogen) atoms. The maximum Gasteiger partial charge on any atom is 0.227 e. The van der Waals surface area contributed by atoms with Crippen LogP contribution in [0.4, 0.5) is 0 Å². The van der Waals surface area contributed by atoms with E-state index in [9.17, 15) is 13.2 Å². The van der Waals surface area contributed by atoms with E-state index in [1.54, 1.807) is 0 Å². The van der Waals surface area contributed by atoms with Gasteiger partial charge in [0.05, 0.1) is 12.2 Å². The Labute approximate surface area is 143 Å². The summed E-state index contributed by atoms with van der Waals surface area (Å²) in [5.41, 5.74) is 1.27. The Balaban J connectivity index is 1.59. The normalized spacial score (nSPS) is 26.3. The molecule has 0 saturated carbocycles. The van der Waals surface area contributed by atoms with E-state index in [0.717, 1.165) is 13.0 Å². The van der Waals surface area contributed by atoms with Gasteiger partial charge in [-0.2, -0.15) is 4.31 Å². The lowest BCUT2D eigenvalue weighted by Gasteiger charge is -2.37. The van der Waals surface area contributed by atoms with Gasteiger partial charge in [-0.25, -0.2) is 8.42 Å². The molecule has 2 aliphatic heterocycles. The van der Waals surface area contributed by atoms with Crippen LogP contribution >= 0.6 is 0 Å². The molecule has 0 aromatic heterocycles. The molecular weight excluding hydrogens is 326 g/mol. The lowest BCUT2D eigenvalue weighted by molar-refractivity contribution is -0.137. The third-order valence-electron chi connectivity index (χ3n) is 4.99. The number of piperazine rings is 1. The van der Waals surface area contributed by atoms with Gasteiger partial charge < -0.3 is 10.2 Å². The van der Waals surface area contributed by atoms with E-state index in [2.05, 4.69) is 17.4 Å². The topological polar surface area (TPSA) is 69.7 Å². The molecule has 0 aliphatic carbocycles. The molecule has 2 unspecified atom stereocenters. The Bertz CT molecular complexity index is 670. The number of nitrogens with zero attached hydrogens (tertiary/aromatic N) is 2. The Morgan fingerprint density at radius 1 is 1.08 bits per heavy atom. The molecule has 0 spiro atoms. The van der Waals surface area contributed by atoms with Gasteiger partial charge in [0, 0.05) is 39.3 Å². The first-order valence-electron chi connectivity index (χ1n) is 8.44. The Kier molecular flexibility index (Phi) is 5.22. The van der Waals surface area contributed by atoms with Crippen molar-refractivity contribution in [1.29, 1.82) is 0 Å². The smallest absolute Gasteiger partial charge is 0.227 e. The van der Waals surface area contributed by atoms with Gasteiger partial charge in [-0.05, 0) is 17.9 Å². The van der Waals surface area contributed by atoms with Gasteiger partial charge in [-0.3, -0.25) is 4.79 Å². The van der Waals surface area contributed by atoms with Crippen LogP contribution in [-0.4, -0.2) is 69.1 Å². The fourth-order valence-corrected chi connectivity index (χ4v) is 4.43. The van der Waals surface area contributed by atoms with E-state index in [0.29, 0.717) is 38.6 Å². The highest BCUT2D eigenvalue weighted by molar-refractivity contribution is 7.88. The highest BCUT2D eigenvalue weighted by atomic mass is 32.2. The minimum Gasteiger partial charge on any atom is -0.340 e. The molecule has 1 amide bonds. The van der Waals surface area contributed by atoms with Crippen LogP contribution in [0, 0.1) is 5.92 Å². The number of sulfonamides is 1. The number of amides is 1. The molecule has 1 N–H and O–H groups in total. The van der Waals surface area contributed by atoms with Crippen LogP contribution in [0.2, 0.25) is 0 Å². The zero-order chi connectivity index (χ0) is 17.2. The predicted octanol–water partition coefficient (Wildman–Crippen LogP) is 0.484. The summed E-state index contributed by atoms with van der Waals surface area (Å²) in [7, 11) is -3.16. The van der Waals surface area contributed by atoms with Crippen molar-refractivity contribution in [3.05, 3.63) is 35.9 Å². The molecular formula is C17H25N3O3S. The lowest BCUT2D eigenvalue weighted by atomic mass is 9.85. The summed E-state index contributed by atoms with van der Waals surface area (Å²) in [6.07, 6.45) is 2.07. The average molecular weight is 351 g/mol. The molecule has 6 nitrogen and oxygen atoms in total. The summed E-state index contributed by atoms with van der Waals surface area (Å²) in [5.74, 6) is 0.469. The molecule has 132 valence electrons. The summed E-state index contributed by atoms with van der Waals surface area (Å²) < 4.78 is 24.6. The van der Waals surface area contributed by atoms with Crippen molar-refractivity contribution in [2.24, 2.45) is 5.92 Å². The van der Waals surface area contributed by atoms with Crippen molar-refractivity contribution in [1.82, 2.24) is 14.5 Å². The fraction of sp³-hybridized carbons (Fsp3) is 0.588. The SMILES string of the molecule is CS(=O)(=O)N1CCN(C(=O)C2CNCC(c3ccccc3)C2)CC1. The number of hydrogen-bond donors (Lipinski definition) is 1. The number of piperidine rings is 1. The van der Waals surface area contributed by atoms with Gasteiger partial charge in [0.2, 0.25) is 15.9 Å². The zero-order valence-corrected chi connectivity index (χ0v) is 14.8. The van der Waals surface area contributed by atoms with Crippen molar-refractivity contribution in [3.8, 4) is 0 Å². The second-order valence-electron chi connectivity index (χ2n) is 6.69. The van der Waals surface area contributed by atoms with Crippen LogP contribution in [-0.2, 0) is 14.8 Å². The molecule has 1 aromatic rings. The predicted molar refractivity (Wildman–Crippen MR) is 93.2 cm³/mol. The van der Waals surface area contributed by atoms with E-state index >= 15 is 0 Å². The highest BCUT2D eigenvalue weighted by Gasteiger charge is 2.33. The maximum absolute atomic E-state index is 12.8. The molecule has 0 bridgehead atoms. The first kappa shape index (κ1) is 17.4. The molecule has 3 rings (SSSR count). The maximum atomic E-state index is 12.8. The quantitative estimate of drug-likeness (QED) is 0.860. The average Bonchev–Trinajstić information content (AvgIpc) is 2.61. The summed E-state index contributed by atoms with van der Waals surface area (Å²) in [6.45, 7) is 3.36. The highest BCUT2D eigenvalue weighted by Crippen LogP contribution is 2.27. The first-order chi connectivity index (χ1) is 11.4. The second kappa shape index (κ2) is 7.21. The largest absolute Gasteiger partial charge is 0.340 e. The van der Waals surface area contributed by atoms with E-state index < -0.39 is 10.0 Å². The third kappa shape index (κ3) is 3.96. The van der Waals surface area contributed by atoms with E-state index in [1.165, 1.54) is 16.1 Å². The number of carbonyl (C=O) groups is 1. The molecule has 1 aromatic carbocycles. The van der Waals surface area contributed by atoms with Gasteiger partial charge in [-0.15, -0.1) is 0 Å². The van der Waals surface area contributed by atoms with Crippen molar-refractivity contribution in [2.75, 3.05) is 45.5 Å². The van der Waals surface area contributed by atoms with E-state index in [1.807, 2.05) is 23.1 Å². The van der Waals surface area contributed by atoms with Gasteiger partial charge in [0.1, 0.15) is 0 Å². The van der Waals surface area contributed by atoms with Crippen molar-refractivity contribution in [2.45, 2.75) is 12.3 Å². The van der Waals surface area contributed by atoms with Crippen LogP contribution in [0.5, 0.6) is 0 Å². The molecule has 0 radical (unpaired) electrons. The van der Waals surface area contributed by atoms with Crippen LogP contribution in [0.1, 0.15) is 17.9 Å². The fourth-order valence-electron chi connectivity index (χ4n) is 3.61. The Morgan fingerprint density at radius 2 is 1.75 bits per heavy atom. The number of nitrogens with one attached hydrogen (secondary N) is 1. The lowest BCUT2D eigenvalue weighted by Crippen LogP contribution is -2.53. The summed E-state index contributed by atoms with van der Waals surface area (Å²) in [6, 6.07) is 10.3. The third-order valence-corrected chi connectivity index (χ3v) is 6.29. The zero-order valence-electron chi connectivity index (χ0n) is 14.0. The first-order valence-corrected chi connectivity index (χ1v) is 10.3. The van der Waals surface area contributed by atoms with Crippen molar-refractivity contribution in [3.63, 3.8) is 0 Å². The van der Waals surface area contributed by atoms with Gasteiger partial charge >= 0.3 is 0 Å². The van der Waals surface area contributed by atoms with E-state index in [-0.39, 0.29) is 11.8 Å². The summed E-state index contributed by atoms with van der Waals surface area (Å²) >= 11 is 0. The standard InChI is InChI=1S/C17H25N3O3S/c1-24(22,23)20-9-7-19(8-10-20)17(21)16-11-15(12-18-13-16)14-5-3-2-4-6-14/h2-6,15-16,18H,7-13H2,1H3. The molecule has 2 fully saturated rings. The molecule has 2 saturated heterocycles. The second-order valence-corrected chi connectivity index (χ2v) is 8.67. The molecule has 7 heteroatoms. The van der Waals surface area contributed by atoms with Crippen molar-refractivity contribution < 1.29 is 13.2 Å².